The van der Waals surface area contributed by atoms with Gasteiger partial charge in [0, 0.05) is 17.3 Å². The summed E-state index contributed by atoms with van der Waals surface area (Å²) in [4.78, 5) is 23.0. The van der Waals surface area contributed by atoms with E-state index in [2.05, 4.69) is 11.7 Å². The molecule has 1 amide bonds. The van der Waals surface area contributed by atoms with Crippen molar-refractivity contribution in [2.24, 2.45) is 0 Å². The van der Waals surface area contributed by atoms with Gasteiger partial charge in [-0.2, -0.15) is 0 Å². The topological polar surface area (TPSA) is 57.6 Å². The molecule has 0 aromatic carbocycles. The van der Waals surface area contributed by atoms with Gasteiger partial charge < -0.3 is 10.0 Å². The van der Waals surface area contributed by atoms with E-state index in [1.165, 1.54) is 4.90 Å². The van der Waals surface area contributed by atoms with E-state index in [0.29, 0.717) is 13.0 Å². The minimum atomic E-state index is -0.928. The fourth-order valence-electron chi connectivity index (χ4n) is 1.29. The number of carbonyl (C=O) groups excluding carboxylic acids is 1. The summed E-state index contributed by atoms with van der Waals surface area (Å²) in [6.45, 7) is 0.531. The first-order chi connectivity index (χ1) is 5.66. The van der Waals surface area contributed by atoms with Gasteiger partial charge in [-0.25, -0.2) is 4.79 Å². The highest BCUT2D eigenvalue weighted by atomic mass is 33.1. The minimum Gasteiger partial charge on any atom is -0.480 e. The van der Waals surface area contributed by atoms with Gasteiger partial charge in [0.15, 0.2) is 0 Å². The van der Waals surface area contributed by atoms with Crippen LogP contribution in [0, 0.1) is 0 Å². The van der Waals surface area contributed by atoms with Gasteiger partial charge >= 0.3 is 5.97 Å². The van der Waals surface area contributed by atoms with Crippen LogP contribution in [0.1, 0.15) is 12.8 Å². The van der Waals surface area contributed by atoms with E-state index in [-0.39, 0.29) is 5.24 Å². The summed E-state index contributed by atoms with van der Waals surface area (Å²) in [5.41, 5.74) is 0. The standard InChI is InChI=1S/C6H9NO3S2/c8-5(9)4-2-1-3-7(4)6(10)12-11/h4,11H,1-3H2,(H,8,9)/t4-/m1/s1. The maximum absolute atomic E-state index is 11.1. The number of carboxylic acid groups (broad SMARTS) is 1. The Kier molecular flexibility index (Phi) is 3.28. The summed E-state index contributed by atoms with van der Waals surface area (Å²) in [5, 5.41) is 8.43. The van der Waals surface area contributed by atoms with Crippen LogP contribution >= 0.6 is 22.5 Å². The maximum atomic E-state index is 11.1. The molecule has 1 N–H and O–H groups in total. The second-order valence-electron chi connectivity index (χ2n) is 2.55. The summed E-state index contributed by atoms with van der Waals surface area (Å²) >= 11 is 3.73. The van der Waals surface area contributed by atoms with Crippen LogP contribution in [0.4, 0.5) is 4.79 Å². The summed E-state index contributed by atoms with van der Waals surface area (Å²) in [7, 11) is 0.761. The number of likely N-dealkylation sites (tertiary alicyclic amines) is 1. The quantitative estimate of drug-likeness (QED) is 0.501. The van der Waals surface area contributed by atoms with Crippen LogP contribution in [0.3, 0.4) is 0 Å². The molecule has 0 aromatic rings. The second-order valence-corrected chi connectivity index (χ2v) is 3.63. The second kappa shape index (κ2) is 4.04. The smallest absolute Gasteiger partial charge is 0.326 e. The normalized spacial score (nSPS) is 22.8. The average Bonchev–Trinajstić information content (AvgIpc) is 2.50. The van der Waals surface area contributed by atoms with Crippen LogP contribution in [0.25, 0.3) is 0 Å². The highest BCUT2D eigenvalue weighted by Gasteiger charge is 2.33. The van der Waals surface area contributed by atoms with E-state index in [1.807, 2.05) is 0 Å². The summed E-state index contributed by atoms with van der Waals surface area (Å²) in [6.07, 6.45) is 1.31. The van der Waals surface area contributed by atoms with Crippen molar-refractivity contribution in [3.8, 4) is 0 Å². The number of hydrogen-bond acceptors (Lipinski definition) is 4. The van der Waals surface area contributed by atoms with Crippen molar-refractivity contribution in [1.82, 2.24) is 4.90 Å². The monoisotopic (exact) mass is 207 g/mol. The highest BCUT2D eigenvalue weighted by Crippen LogP contribution is 2.23. The van der Waals surface area contributed by atoms with Crippen molar-refractivity contribution >= 4 is 33.7 Å². The summed E-state index contributed by atoms with van der Waals surface area (Å²) in [5.74, 6) is -0.928. The SMILES string of the molecule is O=C(O)[C@H]1CCCN1C(=O)SS. The molecule has 0 aromatic heterocycles. The minimum absolute atomic E-state index is 0.275. The molecule has 1 heterocycles. The molecule has 0 saturated carbocycles. The van der Waals surface area contributed by atoms with Crippen LogP contribution in [-0.2, 0) is 4.79 Å². The third-order valence-corrected chi connectivity index (χ3v) is 2.71. The molecule has 1 rings (SSSR count). The predicted molar refractivity (Wildman–Crippen MR) is 49.3 cm³/mol. The molecule has 1 aliphatic heterocycles. The Labute approximate surface area is 79.1 Å². The average molecular weight is 207 g/mol. The molecule has 0 unspecified atom stereocenters. The Balaban J connectivity index is 2.63. The number of carbonyl (C=O) groups is 2. The number of amides is 1. The number of hydrogen-bond donors (Lipinski definition) is 2. The first-order valence-electron chi connectivity index (χ1n) is 3.51. The number of thiol groups is 1. The van der Waals surface area contributed by atoms with Crippen LogP contribution in [0.2, 0.25) is 0 Å². The third kappa shape index (κ3) is 1.87. The predicted octanol–water partition coefficient (Wildman–Crippen LogP) is 1.23. The van der Waals surface area contributed by atoms with Crippen molar-refractivity contribution in [2.75, 3.05) is 6.54 Å². The zero-order valence-corrected chi connectivity index (χ0v) is 7.98. The van der Waals surface area contributed by atoms with Crippen molar-refractivity contribution in [1.29, 1.82) is 0 Å². The zero-order chi connectivity index (χ0) is 9.14. The Bertz CT molecular complexity index is 209. The van der Waals surface area contributed by atoms with Crippen molar-refractivity contribution in [3.63, 3.8) is 0 Å². The molecule has 1 aliphatic rings. The zero-order valence-electron chi connectivity index (χ0n) is 6.27. The van der Waals surface area contributed by atoms with Crippen molar-refractivity contribution in [2.45, 2.75) is 18.9 Å². The van der Waals surface area contributed by atoms with E-state index >= 15 is 0 Å². The van der Waals surface area contributed by atoms with Gasteiger partial charge in [-0.05, 0) is 12.8 Å². The fraction of sp³-hybridized carbons (Fsp3) is 0.667. The summed E-state index contributed by atoms with van der Waals surface area (Å²) in [6, 6.07) is -0.642. The van der Waals surface area contributed by atoms with Gasteiger partial charge in [0.05, 0.1) is 0 Å². The van der Waals surface area contributed by atoms with Crippen LogP contribution < -0.4 is 0 Å². The van der Waals surface area contributed by atoms with Crippen molar-refractivity contribution < 1.29 is 14.7 Å². The molecule has 12 heavy (non-hydrogen) atoms. The van der Waals surface area contributed by atoms with Crippen LogP contribution in [0.15, 0.2) is 0 Å². The number of nitrogens with zero attached hydrogens (tertiary/aromatic N) is 1. The Morgan fingerprint density at radius 3 is 2.75 bits per heavy atom. The summed E-state index contributed by atoms with van der Waals surface area (Å²) < 4.78 is 0. The number of rotatable bonds is 1. The lowest BCUT2D eigenvalue weighted by atomic mass is 10.2. The lowest BCUT2D eigenvalue weighted by Crippen LogP contribution is -2.37. The molecule has 0 bridgehead atoms. The third-order valence-electron chi connectivity index (χ3n) is 1.85. The van der Waals surface area contributed by atoms with Crippen LogP contribution in [-0.4, -0.2) is 33.8 Å². The number of aliphatic carboxylic acids is 1. The van der Waals surface area contributed by atoms with E-state index in [0.717, 1.165) is 17.2 Å². The van der Waals surface area contributed by atoms with Gasteiger partial charge in [0.2, 0.25) is 0 Å². The highest BCUT2D eigenvalue weighted by molar-refractivity contribution is 8.74. The van der Waals surface area contributed by atoms with Gasteiger partial charge in [-0.3, -0.25) is 4.79 Å². The lowest BCUT2D eigenvalue weighted by molar-refractivity contribution is -0.141. The Morgan fingerprint density at radius 2 is 2.25 bits per heavy atom. The van der Waals surface area contributed by atoms with Gasteiger partial charge in [-0.1, -0.05) is 0 Å². The van der Waals surface area contributed by atoms with Gasteiger partial charge in [0.1, 0.15) is 6.04 Å². The number of carboxylic acids is 1. The molecule has 0 spiro atoms. The molecule has 4 nitrogen and oxygen atoms in total. The Morgan fingerprint density at radius 1 is 1.58 bits per heavy atom. The molecule has 0 aliphatic carbocycles. The largest absolute Gasteiger partial charge is 0.480 e. The van der Waals surface area contributed by atoms with Gasteiger partial charge in [0.25, 0.3) is 5.24 Å². The van der Waals surface area contributed by atoms with E-state index in [9.17, 15) is 9.59 Å². The van der Waals surface area contributed by atoms with E-state index < -0.39 is 12.0 Å². The molecule has 1 atom stereocenters. The first kappa shape index (κ1) is 9.73. The van der Waals surface area contributed by atoms with E-state index in [1.54, 1.807) is 0 Å². The molecular formula is C6H9NO3S2. The first-order valence-corrected chi connectivity index (χ1v) is 5.38. The maximum Gasteiger partial charge on any atom is 0.326 e. The van der Waals surface area contributed by atoms with Crippen LogP contribution in [0.5, 0.6) is 0 Å². The molecule has 1 fully saturated rings. The molecule has 0 radical (unpaired) electrons. The molecule has 68 valence electrons. The van der Waals surface area contributed by atoms with E-state index in [4.69, 9.17) is 5.11 Å². The molecule has 1 saturated heterocycles. The molecular weight excluding hydrogens is 198 g/mol. The van der Waals surface area contributed by atoms with Crippen molar-refractivity contribution in [3.05, 3.63) is 0 Å². The Hall–Kier alpha value is -0.360. The molecule has 6 heteroatoms. The lowest BCUT2D eigenvalue weighted by Gasteiger charge is -2.19. The fourth-order valence-corrected chi connectivity index (χ4v) is 1.93. The van der Waals surface area contributed by atoms with Gasteiger partial charge in [-0.15, -0.1) is 11.7 Å².